The Morgan fingerprint density at radius 1 is 0.818 bits per heavy atom. The monoisotopic (exact) mass is 314 g/mol. The van der Waals surface area contributed by atoms with Crippen molar-refractivity contribution < 1.29 is 24.0 Å². The van der Waals surface area contributed by atoms with Crippen LogP contribution in [0.4, 0.5) is 4.79 Å². The lowest BCUT2D eigenvalue weighted by Crippen LogP contribution is -2.64. The Bertz CT molecular complexity index is 313. The van der Waals surface area contributed by atoms with Gasteiger partial charge in [-0.25, -0.2) is 0 Å². The maximum Gasteiger partial charge on any atom is 0.132 e. The van der Waals surface area contributed by atoms with E-state index in [0.29, 0.717) is 0 Å². The predicted molar refractivity (Wildman–Crippen MR) is 79.3 cm³/mol. The number of quaternary nitrogens is 2. The number of carboxylic acid groups (broad SMARTS) is 2. The Morgan fingerprint density at radius 2 is 1.09 bits per heavy atom. The fourth-order valence-electron chi connectivity index (χ4n) is 3.81. The summed E-state index contributed by atoms with van der Waals surface area (Å²) in [4.78, 5) is 8.33. The van der Waals surface area contributed by atoms with Gasteiger partial charge in [0, 0.05) is 37.8 Å². The molecule has 128 valence electrons. The second-order valence-corrected chi connectivity index (χ2v) is 7.66. The van der Waals surface area contributed by atoms with Crippen molar-refractivity contribution in [1.82, 2.24) is 10.6 Å². The highest BCUT2D eigenvalue weighted by Gasteiger charge is 2.36. The second kappa shape index (κ2) is 7.12. The molecule has 0 aromatic heterocycles. The van der Waals surface area contributed by atoms with Gasteiger partial charge in [0.1, 0.15) is 13.3 Å². The van der Waals surface area contributed by atoms with Crippen LogP contribution in [0.2, 0.25) is 0 Å². The van der Waals surface area contributed by atoms with Gasteiger partial charge in [0.2, 0.25) is 0 Å². The SMILES string of the molecule is C[N+]12CCC(CC1)NC2.C[N+]12CCC(CC1)NC2.O=C([O-])[O-]. The van der Waals surface area contributed by atoms with Crippen molar-refractivity contribution in [2.75, 3.05) is 53.6 Å². The smallest absolute Gasteiger partial charge is 0.132 e. The van der Waals surface area contributed by atoms with Gasteiger partial charge in [-0.3, -0.25) is 10.6 Å². The predicted octanol–water partition coefficient (Wildman–Crippen LogP) is -2.13. The van der Waals surface area contributed by atoms with Gasteiger partial charge in [-0.1, -0.05) is 0 Å². The average Bonchev–Trinajstić information content (AvgIpc) is 2.49. The lowest BCUT2D eigenvalue weighted by atomic mass is 10.0. The molecule has 0 aliphatic carbocycles. The van der Waals surface area contributed by atoms with Crippen molar-refractivity contribution in [2.45, 2.75) is 37.8 Å². The molecule has 0 aromatic carbocycles. The van der Waals surface area contributed by atoms with Crippen LogP contribution in [-0.2, 0) is 0 Å². The molecule has 0 unspecified atom stereocenters. The molecule has 0 saturated carbocycles. The summed E-state index contributed by atoms with van der Waals surface area (Å²) in [5.41, 5.74) is 0. The molecule has 6 aliphatic heterocycles. The van der Waals surface area contributed by atoms with Crippen molar-refractivity contribution in [3.8, 4) is 0 Å². The zero-order valence-corrected chi connectivity index (χ0v) is 13.8. The first-order chi connectivity index (χ1) is 10.3. The van der Waals surface area contributed by atoms with Crippen molar-refractivity contribution >= 4 is 6.16 Å². The van der Waals surface area contributed by atoms with Gasteiger partial charge in [0.25, 0.3) is 0 Å². The Kier molecular flexibility index (Phi) is 5.65. The lowest BCUT2D eigenvalue weighted by Gasteiger charge is -2.46. The van der Waals surface area contributed by atoms with E-state index in [2.05, 4.69) is 24.7 Å². The minimum atomic E-state index is -2.33. The van der Waals surface area contributed by atoms with Gasteiger partial charge in [-0.15, -0.1) is 0 Å². The molecule has 2 N–H and O–H groups in total. The minimum absolute atomic E-state index is 0.866. The molecule has 7 heteroatoms. The maximum atomic E-state index is 8.33. The molecule has 0 atom stereocenters. The van der Waals surface area contributed by atoms with E-state index in [4.69, 9.17) is 15.0 Å². The average molecular weight is 314 g/mol. The van der Waals surface area contributed by atoms with Gasteiger partial charge in [0.15, 0.2) is 0 Å². The Labute approximate surface area is 133 Å². The van der Waals surface area contributed by atoms with Crippen LogP contribution in [0.25, 0.3) is 0 Å². The third kappa shape index (κ3) is 5.08. The Hall–Kier alpha value is -0.890. The van der Waals surface area contributed by atoms with E-state index in [1.54, 1.807) is 0 Å². The standard InChI is InChI=1S/2C7H15N2.CH2O3/c2*1-9-4-2-7(3-5-9)8-6-9;2-1(3)4/h2*7-8H,2-6H2,1H3;(H2,2,3,4)/q2*+1;/p-2. The summed E-state index contributed by atoms with van der Waals surface area (Å²) in [6, 6.07) is 1.73. The molecule has 7 nitrogen and oxygen atoms in total. The summed E-state index contributed by atoms with van der Waals surface area (Å²) < 4.78 is 2.55. The Balaban J connectivity index is 0.000000131. The van der Waals surface area contributed by atoms with E-state index in [1.807, 2.05) is 0 Å². The molecular formula is C15H30N4O3. The molecule has 0 aromatic rings. The normalized spacial score (nSPS) is 41.7. The summed E-state index contributed by atoms with van der Waals surface area (Å²) in [5, 5.41) is 23.7. The molecular weight excluding hydrogens is 284 g/mol. The van der Waals surface area contributed by atoms with Crippen LogP contribution in [0.15, 0.2) is 0 Å². The molecule has 6 heterocycles. The van der Waals surface area contributed by atoms with Crippen molar-refractivity contribution in [3.63, 3.8) is 0 Å². The van der Waals surface area contributed by atoms with E-state index < -0.39 is 6.16 Å². The number of piperidine rings is 2. The largest absolute Gasteiger partial charge is 0.652 e. The minimum Gasteiger partial charge on any atom is -0.652 e. The molecule has 6 rings (SSSR count). The van der Waals surface area contributed by atoms with E-state index in [1.165, 1.54) is 74.2 Å². The molecule has 0 amide bonds. The zero-order chi connectivity index (χ0) is 16.2. The van der Waals surface area contributed by atoms with E-state index in [-0.39, 0.29) is 0 Å². The quantitative estimate of drug-likeness (QED) is 0.499. The van der Waals surface area contributed by atoms with Crippen molar-refractivity contribution in [2.24, 2.45) is 0 Å². The molecule has 6 saturated heterocycles. The number of nitrogens with one attached hydrogen (secondary N) is 2. The summed E-state index contributed by atoms with van der Waals surface area (Å²) >= 11 is 0. The van der Waals surface area contributed by atoms with E-state index >= 15 is 0 Å². The number of hydrogen-bond acceptors (Lipinski definition) is 5. The topological polar surface area (TPSA) is 87.2 Å². The second-order valence-electron chi connectivity index (χ2n) is 7.66. The molecule has 0 radical (unpaired) electrons. The number of carbonyl (C=O) groups excluding carboxylic acids is 1. The molecule has 6 fully saturated rings. The number of carbonyl (C=O) groups is 1. The van der Waals surface area contributed by atoms with E-state index in [0.717, 1.165) is 12.1 Å². The third-order valence-corrected chi connectivity index (χ3v) is 5.59. The van der Waals surface area contributed by atoms with Crippen molar-refractivity contribution in [3.05, 3.63) is 0 Å². The first kappa shape index (κ1) is 17.5. The summed E-state index contributed by atoms with van der Waals surface area (Å²) in [5.74, 6) is 0. The molecule has 0 spiro atoms. The fraction of sp³-hybridized carbons (Fsp3) is 0.933. The number of nitrogens with zero attached hydrogens (tertiary/aromatic N) is 2. The zero-order valence-electron chi connectivity index (χ0n) is 13.8. The van der Waals surface area contributed by atoms with Crippen LogP contribution < -0.4 is 20.8 Å². The van der Waals surface area contributed by atoms with Gasteiger partial charge < -0.3 is 24.0 Å². The van der Waals surface area contributed by atoms with Crippen LogP contribution >= 0.6 is 0 Å². The van der Waals surface area contributed by atoms with Gasteiger partial charge in [-0.2, -0.15) is 0 Å². The summed E-state index contributed by atoms with van der Waals surface area (Å²) in [7, 11) is 4.70. The highest BCUT2D eigenvalue weighted by molar-refractivity contribution is 5.47. The maximum absolute atomic E-state index is 8.33. The number of hydrogen-bond donors (Lipinski definition) is 2. The summed E-state index contributed by atoms with van der Waals surface area (Å²) in [6.45, 7) is 8.03. The Morgan fingerprint density at radius 3 is 1.18 bits per heavy atom. The van der Waals surface area contributed by atoms with Crippen LogP contribution in [-0.4, -0.2) is 80.8 Å². The number of rotatable bonds is 0. The lowest BCUT2D eigenvalue weighted by molar-refractivity contribution is -0.926. The van der Waals surface area contributed by atoms with Gasteiger partial charge in [-0.05, 0) is 6.16 Å². The molecule has 4 bridgehead atoms. The number of fused-ring (bicyclic) bond motifs is 6. The third-order valence-electron chi connectivity index (χ3n) is 5.59. The highest BCUT2D eigenvalue weighted by atomic mass is 16.6. The van der Waals surface area contributed by atoms with Crippen LogP contribution in [0.5, 0.6) is 0 Å². The highest BCUT2D eigenvalue weighted by Crippen LogP contribution is 2.21. The molecule has 22 heavy (non-hydrogen) atoms. The van der Waals surface area contributed by atoms with Crippen LogP contribution in [0.1, 0.15) is 25.7 Å². The van der Waals surface area contributed by atoms with Crippen LogP contribution in [0.3, 0.4) is 0 Å². The van der Waals surface area contributed by atoms with Crippen LogP contribution in [0, 0.1) is 0 Å². The summed E-state index contributed by atoms with van der Waals surface area (Å²) in [6.07, 6.45) is 3.26. The fourth-order valence-corrected chi connectivity index (χ4v) is 3.81. The van der Waals surface area contributed by atoms with E-state index in [9.17, 15) is 0 Å². The van der Waals surface area contributed by atoms with Gasteiger partial charge in [0.05, 0.1) is 40.3 Å². The first-order valence-electron chi connectivity index (χ1n) is 8.32. The molecule has 6 aliphatic rings. The van der Waals surface area contributed by atoms with Crippen molar-refractivity contribution in [1.29, 1.82) is 0 Å². The van der Waals surface area contributed by atoms with Gasteiger partial charge >= 0.3 is 0 Å². The first-order valence-corrected chi connectivity index (χ1v) is 8.32.